The van der Waals surface area contributed by atoms with Crippen LogP contribution in [0.4, 0.5) is 0 Å². The number of amides is 2. The van der Waals surface area contributed by atoms with Gasteiger partial charge in [0.15, 0.2) is 0 Å². The second-order valence-electron chi connectivity index (χ2n) is 7.91. The van der Waals surface area contributed by atoms with Gasteiger partial charge in [-0.25, -0.2) is 0 Å². The Morgan fingerprint density at radius 1 is 1.13 bits per heavy atom. The first-order valence-electron chi connectivity index (χ1n) is 10.8. The molecule has 2 amide bonds. The number of aryl methyl sites for hydroxylation is 1. The fourth-order valence-corrected chi connectivity index (χ4v) is 3.52. The minimum absolute atomic E-state index is 0.0562. The van der Waals surface area contributed by atoms with Crippen LogP contribution in [-0.2, 0) is 16.1 Å². The molecule has 1 N–H and O–H groups in total. The van der Waals surface area contributed by atoms with E-state index in [2.05, 4.69) is 21.2 Å². The van der Waals surface area contributed by atoms with Gasteiger partial charge in [0.2, 0.25) is 11.8 Å². The molecule has 6 heteroatoms. The van der Waals surface area contributed by atoms with Crippen molar-refractivity contribution in [3.05, 3.63) is 64.1 Å². The molecule has 0 heterocycles. The van der Waals surface area contributed by atoms with Gasteiger partial charge in [0.25, 0.3) is 0 Å². The van der Waals surface area contributed by atoms with Crippen molar-refractivity contribution in [2.45, 2.75) is 65.6 Å². The van der Waals surface area contributed by atoms with Crippen molar-refractivity contribution in [2.24, 2.45) is 0 Å². The largest absolute Gasteiger partial charge is 0.494 e. The Morgan fingerprint density at radius 3 is 2.48 bits per heavy atom. The first kappa shape index (κ1) is 24.9. The summed E-state index contributed by atoms with van der Waals surface area (Å²) in [7, 11) is 0. The summed E-state index contributed by atoms with van der Waals surface area (Å²) in [6.07, 6.45) is 1.75. The molecule has 2 atom stereocenters. The van der Waals surface area contributed by atoms with Crippen LogP contribution in [0.15, 0.2) is 53.0 Å². The van der Waals surface area contributed by atoms with Crippen molar-refractivity contribution < 1.29 is 14.3 Å². The van der Waals surface area contributed by atoms with Crippen LogP contribution < -0.4 is 10.1 Å². The van der Waals surface area contributed by atoms with Crippen molar-refractivity contribution in [1.29, 1.82) is 0 Å². The minimum Gasteiger partial charge on any atom is -0.494 e. The predicted molar refractivity (Wildman–Crippen MR) is 128 cm³/mol. The maximum atomic E-state index is 13.1. The molecular formula is C25H33BrN2O3. The van der Waals surface area contributed by atoms with Crippen molar-refractivity contribution in [2.75, 3.05) is 6.61 Å². The Balaban J connectivity index is 2.00. The molecule has 0 aliphatic carbocycles. The van der Waals surface area contributed by atoms with Gasteiger partial charge in [0.1, 0.15) is 11.8 Å². The molecule has 0 saturated heterocycles. The summed E-state index contributed by atoms with van der Waals surface area (Å²) in [6.45, 7) is 8.64. The van der Waals surface area contributed by atoms with Gasteiger partial charge in [-0.1, -0.05) is 52.7 Å². The van der Waals surface area contributed by atoms with Gasteiger partial charge in [0.05, 0.1) is 6.61 Å². The van der Waals surface area contributed by atoms with E-state index in [1.807, 2.05) is 69.3 Å². The molecule has 2 aromatic rings. The highest BCUT2D eigenvalue weighted by Crippen LogP contribution is 2.17. The van der Waals surface area contributed by atoms with Gasteiger partial charge in [0, 0.05) is 23.5 Å². The van der Waals surface area contributed by atoms with Crippen LogP contribution in [0.5, 0.6) is 5.75 Å². The topological polar surface area (TPSA) is 58.6 Å². The highest BCUT2D eigenvalue weighted by molar-refractivity contribution is 9.10. The number of halogens is 1. The zero-order valence-corrected chi connectivity index (χ0v) is 20.4. The van der Waals surface area contributed by atoms with Crippen LogP contribution in [0, 0.1) is 6.92 Å². The van der Waals surface area contributed by atoms with Gasteiger partial charge in [-0.15, -0.1) is 0 Å². The number of carbonyl (C=O) groups is 2. The Kier molecular flexibility index (Phi) is 10.0. The van der Waals surface area contributed by atoms with Crippen molar-refractivity contribution in [3.8, 4) is 5.75 Å². The summed E-state index contributed by atoms with van der Waals surface area (Å²) in [6, 6.07) is 15.2. The lowest BCUT2D eigenvalue weighted by molar-refractivity contribution is -0.141. The van der Waals surface area contributed by atoms with Crippen molar-refractivity contribution in [3.63, 3.8) is 0 Å². The molecule has 0 radical (unpaired) electrons. The van der Waals surface area contributed by atoms with E-state index >= 15 is 0 Å². The lowest BCUT2D eigenvalue weighted by atomic mass is 10.1. The summed E-state index contributed by atoms with van der Waals surface area (Å²) in [5, 5.41) is 2.99. The first-order valence-corrected chi connectivity index (χ1v) is 11.6. The molecule has 31 heavy (non-hydrogen) atoms. The predicted octanol–water partition coefficient (Wildman–Crippen LogP) is 5.25. The van der Waals surface area contributed by atoms with E-state index in [1.165, 1.54) is 5.56 Å². The minimum atomic E-state index is -0.557. The van der Waals surface area contributed by atoms with E-state index in [0.717, 1.165) is 22.2 Å². The maximum absolute atomic E-state index is 13.1. The zero-order chi connectivity index (χ0) is 22.8. The lowest BCUT2D eigenvalue weighted by Gasteiger charge is -2.30. The van der Waals surface area contributed by atoms with Crippen LogP contribution in [0.1, 0.15) is 51.2 Å². The summed E-state index contributed by atoms with van der Waals surface area (Å²) >= 11 is 3.48. The summed E-state index contributed by atoms with van der Waals surface area (Å²) in [4.78, 5) is 27.4. The van der Waals surface area contributed by atoms with Crippen molar-refractivity contribution >= 4 is 27.7 Å². The molecule has 2 rings (SSSR count). The summed E-state index contributed by atoms with van der Waals surface area (Å²) in [5.41, 5.74) is 2.15. The van der Waals surface area contributed by atoms with Crippen LogP contribution in [-0.4, -0.2) is 35.4 Å². The van der Waals surface area contributed by atoms with Crippen LogP contribution in [0.3, 0.4) is 0 Å². The highest BCUT2D eigenvalue weighted by Gasteiger charge is 2.26. The van der Waals surface area contributed by atoms with E-state index in [4.69, 9.17) is 4.74 Å². The van der Waals surface area contributed by atoms with Gasteiger partial charge in [-0.3, -0.25) is 9.59 Å². The van der Waals surface area contributed by atoms with Gasteiger partial charge < -0.3 is 15.0 Å². The third-order valence-corrected chi connectivity index (χ3v) is 5.73. The lowest BCUT2D eigenvalue weighted by Crippen LogP contribution is -2.49. The van der Waals surface area contributed by atoms with E-state index in [-0.39, 0.29) is 17.9 Å². The summed E-state index contributed by atoms with van der Waals surface area (Å²) < 4.78 is 6.69. The molecule has 0 spiro atoms. The van der Waals surface area contributed by atoms with Crippen LogP contribution in [0.25, 0.3) is 0 Å². The maximum Gasteiger partial charge on any atom is 0.242 e. The van der Waals surface area contributed by atoms with Crippen LogP contribution >= 0.6 is 15.9 Å². The molecule has 0 aliphatic heterocycles. The third-order valence-electron chi connectivity index (χ3n) is 5.23. The molecule has 2 aromatic carbocycles. The SMILES string of the molecule is CC[C@H](C)NC(=O)[C@@H](C)N(Cc1cccc(Br)c1)C(=O)CCCOc1ccc(C)cc1. The number of hydrogen-bond donors (Lipinski definition) is 1. The van der Waals surface area contributed by atoms with E-state index in [1.54, 1.807) is 11.8 Å². The van der Waals surface area contributed by atoms with Crippen LogP contribution in [0.2, 0.25) is 0 Å². The van der Waals surface area contributed by atoms with E-state index in [9.17, 15) is 9.59 Å². The van der Waals surface area contributed by atoms with E-state index in [0.29, 0.717) is 26.0 Å². The average Bonchev–Trinajstić information content (AvgIpc) is 2.75. The third kappa shape index (κ3) is 8.37. The molecule has 0 fully saturated rings. The standard InChI is InChI=1S/C25H33BrN2O3/c1-5-19(3)27-25(30)20(4)28(17-21-8-6-9-22(26)16-21)24(29)10-7-15-31-23-13-11-18(2)12-14-23/h6,8-9,11-14,16,19-20H,5,7,10,15,17H2,1-4H3,(H,27,30)/t19-,20+/m0/s1. The molecule has 5 nitrogen and oxygen atoms in total. The Hall–Kier alpha value is -2.34. The Bertz CT molecular complexity index is 854. The smallest absolute Gasteiger partial charge is 0.242 e. The molecule has 0 aromatic heterocycles. The van der Waals surface area contributed by atoms with Gasteiger partial charge in [-0.05, 0) is 63.4 Å². The average molecular weight is 489 g/mol. The Morgan fingerprint density at radius 2 is 1.84 bits per heavy atom. The highest BCUT2D eigenvalue weighted by atomic mass is 79.9. The quantitative estimate of drug-likeness (QED) is 0.439. The zero-order valence-electron chi connectivity index (χ0n) is 18.9. The first-order chi connectivity index (χ1) is 14.8. The number of hydrogen-bond acceptors (Lipinski definition) is 3. The number of ether oxygens (including phenoxy) is 1. The number of benzene rings is 2. The number of rotatable bonds is 11. The molecule has 168 valence electrons. The molecule has 0 unspecified atom stereocenters. The second-order valence-corrected chi connectivity index (χ2v) is 8.83. The van der Waals surface area contributed by atoms with Crippen molar-refractivity contribution in [1.82, 2.24) is 10.2 Å². The molecule has 0 bridgehead atoms. The summed E-state index contributed by atoms with van der Waals surface area (Å²) in [5.74, 6) is 0.609. The second kappa shape index (κ2) is 12.5. The van der Waals surface area contributed by atoms with Gasteiger partial charge in [-0.2, -0.15) is 0 Å². The number of carbonyl (C=O) groups excluding carboxylic acids is 2. The molecule has 0 saturated carbocycles. The molecular weight excluding hydrogens is 456 g/mol. The van der Waals surface area contributed by atoms with E-state index < -0.39 is 6.04 Å². The monoisotopic (exact) mass is 488 g/mol. The Labute approximate surface area is 194 Å². The fourth-order valence-electron chi connectivity index (χ4n) is 3.07. The number of nitrogens with zero attached hydrogens (tertiary/aromatic N) is 1. The fraction of sp³-hybridized carbons (Fsp3) is 0.440. The van der Waals surface area contributed by atoms with Gasteiger partial charge >= 0.3 is 0 Å². The normalized spacial score (nSPS) is 12.7. The number of nitrogens with one attached hydrogen (secondary N) is 1. The molecule has 0 aliphatic rings.